The number of nitrogens with zero attached hydrogens (tertiary/aromatic N) is 3. The summed E-state index contributed by atoms with van der Waals surface area (Å²) in [6.07, 6.45) is 1.85. The summed E-state index contributed by atoms with van der Waals surface area (Å²) in [4.78, 5) is 0. The molecule has 2 rings (SSSR count). The first kappa shape index (κ1) is 10.7. The Morgan fingerprint density at radius 1 is 1.44 bits per heavy atom. The van der Waals surface area contributed by atoms with Gasteiger partial charge in [-0.1, -0.05) is 15.9 Å². The van der Waals surface area contributed by atoms with Crippen molar-refractivity contribution in [3.05, 3.63) is 40.5 Å². The molecule has 0 bridgehead atoms. The maximum atomic E-state index is 8.84. The largest absolute Gasteiger partial charge is 0.339 e. The summed E-state index contributed by atoms with van der Waals surface area (Å²) >= 11 is 3.36. The average molecular weight is 277 g/mol. The van der Waals surface area contributed by atoms with E-state index >= 15 is 0 Å². The fourth-order valence-corrected chi connectivity index (χ4v) is 1.85. The molecule has 1 heterocycles. The number of nitrogens with one attached hydrogen (secondary N) is 1. The highest BCUT2D eigenvalue weighted by atomic mass is 79.9. The van der Waals surface area contributed by atoms with Gasteiger partial charge in [-0.2, -0.15) is 10.4 Å². The smallest absolute Gasteiger partial charge is 0.152 e. The molecule has 0 fully saturated rings. The summed E-state index contributed by atoms with van der Waals surface area (Å²) in [6, 6.07) is 9.41. The lowest BCUT2D eigenvalue weighted by Crippen LogP contribution is -1.94. The first-order chi connectivity index (χ1) is 7.67. The Kier molecular flexibility index (Phi) is 2.93. The number of aryl methyl sites for hydroxylation is 1. The number of rotatable bonds is 2. The summed E-state index contributed by atoms with van der Waals surface area (Å²) in [5.41, 5.74) is 1.44. The SMILES string of the molecule is Cn1ccc(Nc2cc(Br)cc(C#N)c2)n1. The predicted molar refractivity (Wildman–Crippen MR) is 65.3 cm³/mol. The molecule has 0 unspecified atom stereocenters. The van der Waals surface area contributed by atoms with E-state index in [4.69, 9.17) is 5.26 Å². The van der Waals surface area contributed by atoms with Gasteiger partial charge in [0, 0.05) is 29.5 Å². The monoisotopic (exact) mass is 276 g/mol. The Morgan fingerprint density at radius 3 is 2.88 bits per heavy atom. The van der Waals surface area contributed by atoms with Crippen LogP contribution in [0.25, 0.3) is 0 Å². The molecular formula is C11H9BrN4. The van der Waals surface area contributed by atoms with E-state index in [9.17, 15) is 0 Å². The number of hydrogen-bond donors (Lipinski definition) is 1. The summed E-state index contributed by atoms with van der Waals surface area (Å²) in [5, 5.41) is 16.2. The van der Waals surface area contributed by atoms with Crippen LogP contribution in [0.15, 0.2) is 34.9 Å². The van der Waals surface area contributed by atoms with Gasteiger partial charge in [0.25, 0.3) is 0 Å². The second-order valence-electron chi connectivity index (χ2n) is 3.34. The van der Waals surface area contributed by atoms with Gasteiger partial charge in [0.2, 0.25) is 0 Å². The number of aromatic nitrogens is 2. The fraction of sp³-hybridized carbons (Fsp3) is 0.0909. The Hall–Kier alpha value is -1.80. The van der Waals surface area contributed by atoms with Crippen molar-refractivity contribution in [2.45, 2.75) is 0 Å². The molecule has 5 heteroatoms. The quantitative estimate of drug-likeness (QED) is 0.918. The van der Waals surface area contributed by atoms with Crippen LogP contribution in [0.1, 0.15) is 5.56 Å². The van der Waals surface area contributed by atoms with Crippen LogP contribution in [0.3, 0.4) is 0 Å². The maximum absolute atomic E-state index is 8.84. The molecule has 0 aliphatic carbocycles. The van der Waals surface area contributed by atoms with E-state index in [0.29, 0.717) is 5.56 Å². The molecule has 0 saturated carbocycles. The summed E-state index contributed by atoms with van der Waals surface area (Å²) in [6.45, 7) is 0. The van der Waals surface area contributed by atoms with Crippen molar-refractivity contribution in [3.8, 4) is 6.07 Å². The Balaban J connectivity index is 2.28. The van der Waals surface area contributed by atoms with Crippen LogP contribution in [0, 0.1) is 11.3 Å². The average Bonchev–Trinajstić information content (AvgIpc) is 2.63. The van der Waals surface area contributed by atoms with Crippen LogP contribution in [-0.4, -0.2) is 9.78 Å². The van der Waals surface area contributed by atoms with Crippen molar-refractivity contribution in [3.63, 3.8) is 0 Å². The molecule has 2 aromatic rings. The van der Waals surface area contributed by atoms with E-state index in [1.807, 2.05) is 25.4 Å². The molecule has 0 saturated heterocycles. The van der Waals surface area contributed by atoms with Gasteiger partial charge in [-0.25, -0.2) is 0 Å². The van der Waals surface area contributed by atoms with E-state index in [1.165, 1.54) is 0 Å². The van der Waals surface area contributed by atoms with E-state index in [2.05, 4.69) is 32.4 Å². The molecule has 0 amide bonds. The first-order valence-electron chi connectivity index (χ1n) is 4.65. The molecule has 1 aromatic carbocycles. The third kappa shape index (κ3) is 2.41. The van der Waals surface area contributed by atoms with Gasteiger partial charge in [0.05, 0.1) is 11.6 Å². The molecule has 80 valence electrons. The fourth-order valence-electron chi connectivity index (χ4n) is 1.36. The van der Waals surface area contributed by atoms with Gasteiger partial charge < -0.3 is 5.32 Å². The molecule has 16 heavy (non-hydrogen) atoms. The zero-order valence-electron chi connectivity index (χ0n) is 8.61. The van der Waals surface area contributed by atoms with E-state index < -0.39 is 0 Å². The highest BCUT2D eigenvalue weighted by Crippen LogP contribution is 2.21. The van der Waals surface area contributed by atoms with Gasteiger partial charge >= 0.3 is 0 Å². The van der Waals surface area contributed by atoms with Gasteiger partial charge in [-0.05, 0) is 18.2 Å². The van der Waals surface area contributed by atoms with E-state index in [0.717, 1.165) is 16.0 Å². The van der Waals surface area contributed by atoms with E-state index in [-0.39, 0.29) is 0 Å². The number of anilines is 2. The van der Waals surface area contributed by atoms with Gasteiger partial charge in [-0.15, -0.1) is 0 Å². The van der Waals surface area contributed by atoms with Crippen molar-refractivity contribution in [1.29, 1.82) is 5.26 Å². The lowest BCUT2D eigenvalue weighted by atomic mass is 10.2. The lowest BCUT2D eigenvalue weighted by Gasteiger charge is -2.04. The molecule has 0 aliphatic heterocycles. The zero-order valence-corrected chi connectivity index (χ0v) is 10.2. The van der Waals surface area contributed by atoms with E-state index in [1.54, 1.807) is 16.8 Å². The summed E-state index contributed by atoms with van der Waals surface area (Å²) in [7, 11) is 1.85. The second-order valence-corrected chi connectivity index (χ2v) is 4.26. The molecule has 0 radical (unpaired) electrons. The second kappa shape index (κ2) is 4.37. The van der Waals surface area contributed by atoms with Crippen LogP contribution in [0.5, 0.6) is 0 Å². The third-order valence-electron chi connectivity index (χ3n) is 2.01. The van der Waals surface area contributed by atoms with Crippen molar-refractivity contribution >= 4 is 27.4 Å². The minimum atomic E-state index is 0.604. The maximum Gasteiger partial charge on any atom is 0.152 e. The molecule has 0 atom stereocenters. The molecule has 0 aliphatic rings. The number of hydrogen-bond acceptors (Lipinski definition) is 3. The van der Waals surface area contributed by atoms with Gasteiger partial charge in [-0.3, -0.25) is 4.68 Å². The predicted octanol–water partition coefficient (Wildman–Crippen LogP) is 2.80. The Labute approximate surface area is 102 Å². The highest BCUT2D eigenvalue weighted by molar-refractivity contribution is 9.10. The lowest BCUT2D eigenvalue weighted by molar-refractivity contribution is 0.771. The number of halogens is 1. The van der Waals surface area contributed by atoms with Gasteiger partial charge in [0.15, 0.2) is 5.82 Å². The van der Waals surface area contributed by atoms with Crippen LogP contribution >= 0.6 is 15.9 Å². The summed E-state index contributed by atoms with van der Waals surface area (Å²) < 4.78 is 2.58. The number of nitriles is 1. The third-order valence-corrected chi connectivity index (χ3v) is 2.47. The first-order valence-corrected chi connectivity index (χ1v) is 5.44. The topological polar surface area (TPSA) is 53.6 Å². The van der Waals surface area contributed by atoms with Crippen molar-refractivity contribution in [1.82, 2.24) is 9.78 Å². The van der Waals surface area contributed by atoms with Crippen LogP contribution < -0.4 is 5.32 Å². The van der Waals surface area contributed by atoms with Crippen molar-refractivity contribution in [2.75, 3.05) is 5.32 Å². The van der Waals surface area contributed by atoms with Crippen LogP contribution in [-0.2, 0) is 7.05 Å². The molecule has 1 N–H and O–H groups in total. The van der Waals surface area contributed by atoms with Crippen LogP contribution in [0.2, 0.25) is 0 Å². The van der Waals surface area contributed by atoms with Crippen LogP contribution in [0.4, 0.5) is 11.5 Å². The standard InChI is InChI=1S/C11H9BrN4/c1-16-3-2-11(15-16)14-10-5-8(7-13)4-9(12)6-10/h2-6H,1H3,(H,14,15). The molecule has 1 aromatic heterocycles. The molecule has 0 spiro atoms. The van der Waals surface area contributed by atoms with Gasteiger partial charge in [0.1, 0.15) is 0 Å². The number of benzene rings is 1. The highest BCUT2D eigenvalue weighted by Gasteiger charge is 2.01. The minimum Gasteiger partial charge on any atom is -0.339 e. The Bertz CT molecular complexity index is 553. The van der Waals surface area contributed by atoms with Crippen molar-refractivity contribution in [2.24, 2.45) is 7.05 Å². The minimum absolute atomic E-state index is 0.604. The van der Waals surface area contributed by atoms with Crippen molar-refractivity contribution < 1.29 is 0 Å². The zero-order chi connectivity index (χ0) is 11.5. The molecule has 4 nitrogen and oxygen atoms in total. The Morgan fingerprint density at radius 2 is 2.25 bits per heavy atom. The molecular weight excluding hydrogens is 268 g/mol. The normalized spacial score (nSPS) is 9.81. The summed E-state index contributed by atoms with van der Waals surface area (Å²) in [5.74, 6) is 0.754.